The average Bonchev–Trinajstić information content (AvgIpc) is 3.09. The van der Waals surface area contributed by atoms with Crippen LogP contribution in [-0.4, -0.2) is 70.0 Å². The monoisotopic (exact) mass is 754 g/mol. The van der Waals surface area contributed by atoms with Crippen LogP contribution in [0.5, 0.6) is 0 Å². The molecule has 0 spiro atoms. The number of hydrogen-bond acceptors (Lipinski definition) is 8. The number of likely N-dealkylation sites (N-methyl/N-ethyl adjacent to an activating group) is 1. The number of carbonyl (C=O) groups is 2. The molecular formula is C42H76NO8P. The lowest BCUT2D eigenvalue weighted by atomic mass is 10.1. The zero-order valence-electron chi connectivity index (χ0n) is 33.7. The van der Waals surface area contributed by atoms with Crippen LogP contribution in [0.25, 0.3) is 0 Å². The Kier molecular flexibility index (Phi) is 33.4. The number of nitrogens with zero attached hydrogens (tertiary/aromatic N) is 1. The largest absolute Gasteiger partial charge is 0.756 e. The molecule has 1 unspecified atom stereocenters. The van der Waals surface area contributed by atoms with Crippen molar-refractivity contribution in [1.82, 2.24) is 0 Å². The zero-order chi connectivity index (χ0) is 38.6. The van der Waals surface area contributed by atoms with Crippen LogP contribution in [0, 0.1) is 0 Å². The molecule has 0 radical (unpaired) electrons. The second kappa shape index (κ2) is 34.7. The van der Waals surface area contributed by atoms with Crippen LogP contribution in [0.1, 0.15) is 155 Å². The zero-order valence-corrected chi connectivity index (χ0v) is 34.6. The summed E-state index contributed by atoms with van der Waals surface area (Å²) >= 11 is 0. The van der Waals surface area contributed by atoms with E-state index in [2.05, 4.69) is 62.5 Å². The van der Waals surface area contributed by atoms with Crippen molar-refractivity contribution in [3.63, 3.8) is 0 Å². The molecule has 10 heteroatoms. The lowest BCUT2D eigenvalue weighted by molar-refractivity contribution is -0.870. The van der Waals surface area contributed by atoms with Crippen molar-refractivity contribution in [3.05, 3.63) is 48.6 Å². The first kappa shape index (κ1) is 50.0. The minimum Gasteiger partial charge on any atom is -0.756 e. The SMILES string of the molecule is CCCCC/C=C\C/C=C\C/C=C\CCCCC(=O)O[C@H](COC(=O)CCCCCCC/C=C\CCCCCC)COP(=O)([O-])OCC[N+](C)(C)C. The Morgan fingerprint density at radius 1 is 0.596 bits per heavy atom. The maximum Gasteiger partial charge on any atom is 0.306 e. The van der Waals surface area contributed by atoms with Gasteiger partial charge >= 0.3 is 11.9 Å². The number of allylic oxidation sites excluding steroid dienone is 8. The number of esters is 2. The summed E-state index contributed by atoms with van der Waals surface area (Å²) in [5.41, 5.74) is 0. The van der Waals surface area contributed by atoms with Gasteiger partial charge in [-0.3, -0.25) is 14.2 Å². The van der Waals surface area contributed by atoms with E-state index < -0.39 is 32.5 Å². The van der Waals surface area contributed by atoms with Crippen molar-refractivity contribution in [1.29, 1.82) is 0 Å². The van der Waals surface area contributed by atoms with Crippen molar-refractivity contribution in [3.8, 4) is 0 Å². The minimum atomic E-state index is -4.63. The molecule has 0 amide bonds. The maximum atomic E-state index is 12.6. The fourth-order valence-corrected chi connectivity index (χ4v) is 5.79. The molecule has 0 saturated carbocycles. The first-order chi connectivity index (χ1) is 25.0. The highest BCUT2D eigenvalue weighted by Gasteiger charge is 2.21. The van der Waals surface area contributed by atoms with E-state index in [0.29, 0.717) is 23.9 Å². The predicted molar refractivity (Wildman–Crippen MR) is 213 cm³/mol. The van der Waals surface area contributed by atoms with Gasteiger partial charge in [0, 0.05) is 12.8 Å². The molecule has 0 N–H and O–H groups in total. The van der Waals surface area contributed by atoms with E-state index in [9.17, 15) is 19.0 Å². The number of quaternary nitrogens is 1. The third kappa shape index (κ3) is 37.7. The van der Waals surface area contributed by atoms with Crippen LogP contribution in [0.15, 0.2) is 48.6 Å². The highest BCUT2D eigenvalue weighted by molar-refractivity contribution is 7.45. The summed E-state index contributed by atoms with van der Waals surface area (Å²) in [6.45, 7) is 4.10. The third-order valence-corrected chi connectivity index (χ3v) is 9.29. The minimum absolute atomic E-state index is 0.0409. The van der Waals surface area contributed by atoms with Gasteiger partial charge in [-0.1, -0.05) is 114 Å². The Labute approximate surface area is 318 Å². The number of carbonyl (C=O) groups excluding carboxylic acids is 2. The van der Waals surface area contributed by atoms with Gasteiger partial charge in [0.05, 0.1) is 27.7 Å². The quantitative estimate of drug-likeness (QED) is 0.0204. The van der Waals surface area contributed by atoms with E-state index in [4.69, 9.17) is 18.5 Å². The van der Waals surface area contributed by atoms with Gasteiger partial charge in [-0.05, 0) is 77.0 Å². The van der Waals surface area contributed by atoms with Crippen molar-refractivity contribution in [2.24, 2.45) is 0 Å². The van der Waals surface area contributed by atoms with Gasteiger partial charge in [0.15, 0.2) is 6.10 Å². The smallest absolute Gasteiger partial charge is 0.306 e. The van der Waals surface area contributed by atoms with E-state index in [1.165, 1.54) is 51.4 Å². The number of hydrogen-bond donors (Lipinski definition) is 0. The van der Waals surface area contributed by atoms with Crippen molar-refractivity contribution in [2.75, 3.05) is 47.5 Å². The molecule has 0 aliphatic carbocycles. The highest BCUT2D eigenvalue weighted by atomic mass is 31.2. The molecule has 9 nitrogen and oxygen atoms in total. The molecule has 52 heavy (non-hydrogen) atoms. The van der Waals surface area contributed by atoms with E-state index in [-0.39, 0.29) is 26.1 Å². The summed E-state index contributed by atoms with van der Waals surface area (Å²) in [7, 11) is 1.13. The average molecular weight is 754 g/mol. The molecule has 0 aromatic carbocycles. The normalized spacial score (nSPS) is 14.2. The van der Waals surface area contributed by atoms with Crippen molar-refractivity contribution >= 4 is 19.8 Å². The molecule has 0 aliphatic heterocycles. The molecule has 0 aromatic heterocycles. The standard InChI is InChI=1S/C42H76NO8P/c1-6-8-10-12-14-16-18-20-21-23-25-27-29-31-33-35-42(45)51-40(39-50-52(46,47)49-37-36-43(3,4)5)38-48-41(44)34-32-30-28-26-24-22-19-17-15-13-11-9-7-2/h14,16-17,19-21,25,27,40H,6-13,15,18,22-24,26,28-39H2,1-5H3/b16-14-,19-17-,21-20-,27-25-/t40-/m1/s1. The summed E-state index contributed by atoms with van der Waals surface area (Å²) in [6.07, 6.45) is 38.5. The molecule has 302 valence electrons. The molecule has 0 saturated heterocycles. The van der Waals surface area contributed by atoms with Gasteiger partial charge in [-0.2, -0.15) is 0 Å². The second-order valence-electron chi connectivity index (χ2n) is 14.6. The Balaban J connectivity index is 4.51. The fraction of sp³-hybridized carbons (Fsp3) is 0.762. The van der Waals surface area contributed by atoms with Gasteiger partial charge in [-0.25, -0.2) is 0 Å². The lowest BCUT2D eigenvalue weighted by Gasteiger charge is -2.28. The second-order valence-corrected chi connectivity index (χ2v) is 16.1. The van der Waals surface area contributed by atoms with Gasteiger partial charge in [0.1, 0.15) is 19.8 Å². The summed E-state index contributed by atoms with van der Waals surface area (Å²) < 4.78 is 33.7. The summed E-state index contributed by atoms with van der Waals surface area (Å²) in [6, 6.07) is 0. The topological polar surface area (TPSA) is 111 Å². The summed E-state index contributed by atoms with van der Waals surface area (Å²) in [5, 5.41) is 0. The van der Waals surface area contributed by atoms with Crippen LogP contribution in [0.2, 0.25) is 0 Å². The van der Waals surface area contributed by atoms with Crippen LogP contribution in [0.3, 0.4) is 0 Å². The number of rotatable bonds is 36. The first-order valence-corrected chi connectivity index (χ1v) is 21.8. The fourth-order valence-electron chi connectivity index (χ4n) is 5.07. The first-order valence-electron chi connectivity index (χ1n) is 20.3. The van der Waals surface area contributed by atoms with Crippen LogP contribution in [-0.2, 0) is 32.7 Å². The Morgan fingerprint density at radius 3 is 1.63 bits per heavy atom. The van der Waals surface area contributed by atoms with Gasteiger partial charge in [0.2, 0.25) is 0 Å². The van der Waals surface area contributed by atoms with E-state index in [1.807, 2.05) is 21.1 Å². The van der Waals surface area contributed by atoms with Gasteiger partial charge in [0.25, 0.3) is 7.82 Å². The van der Waals surface area contributed by atoms with Gasteiger partial charge in [-0.15, -0.1) is 0 Å². The molecule has 0 rings (SSSR count). The highest BCUT2D eigenvalue weighted by Crippen LogP contribution is 2.38. The van der Waals surface area contributed by atoms with Crippen LogP contribution in [0.4, 0.5) is 0 Å². The number of phosphoric acid groups is 1. The van der Waals surface area contributed by atoms with Crippen LogP contribution >= 0.6 is 7.82 Å². The van der Waals surface area contributed by atoms with Crippen molar-refractivity contribution in [2.45, 2.75) is 161 Å². The Bertz CT molecular complexity index is 1030. The number of unbranched alkanes of at least 4 members (excludes halogenated alkanes) is 14. The lowest BCUT2D eigenvalue weighted by Crippen LogP contribution is -2.37. The summed E-state index contributed by atoms with van der Waals surface area (Å²) in [4.78, 5) is 37.4. The molecule has 0 aromatic rings. The Hall–Kier alpha value is -2.03. The molecule has 0 heterocycles. The predicted octanol–water partition coefficient (Wildman–Crippen LogP) is 10.5. The third-order valence-electron chi connectivity index (χ3n) is 8.32. The maximum absolute atomic E-state index is 12.6. The molecule has 0 aliphatic rings. The van der Waals surface area contributed by atoms with Crippen LogP contribution < -0.4 is 4.89 Å². The Morgan fingerprint density at radius 2 is 1.04 bits per heavy atom. The van der Waals surface area contributed by atoms with Crippen molar-refractivity contribution < 1.29 is 42.1 Å². The molecule has 2 atom stereocenters. The molecule has 0 bridgehead atoms. The molecular weight excluding hydrogens is 677 g/mol. The van der Waals surface area contributed by atoms with E-state index in [1.54, 1.807) is 0 Å². The van der Waals surface area contributed by atoms with Gasteiger partial charge < -0.3 is 27.9 Å². The number of phosphoric ester groups is 1. The van der Waals surface area contributed by atoms with E-state index in [0.717, 1.165) is 64.2 Å². The summed E-state index contributed by atoms with van der Waals surface area (Å²) in [5.74, 6) is -0.894. The van der Waals surface area contributed by atoms with E-state index >= 15 is 0 Å². The molecule has 0 fully saturated rings. The number of ether oxygens (including phenoxy) is 2.